The molecule has 21 heavy (non-hydrogen) atoms. The molecular weight excluding hydrogens is 278 g/mol. The molecule has 2 nitrogen and oxygen atoms in total. The van der Waals surface area contributed by atoms with Gasteiger partial charge in [0.15, 0.2) is 0 Å². The van der Waals surface area contributed by atoms with Crippen molar-refractivity contribution < 1.29 is 4.74 Å². The van der Waals surface area contributed by atoms with E-state index in [1.165, 1.54) is 37.0 Å². The molecule has 2 rings (SSSR count). The van der Waals surface area contributed by atoms with Gasteiger partial charge in [-0.3, -0.25) is 0 Å². The number of thiophene rings is 1. The number of hydrogen-bond acceptors (Lipinski definition) is 3. The van der Waals surface area contributed by atoms with Gasteiger partial charge in [-0.25, -0.2) is 0 Å². The molecule has 0 radical (unpaired) electrons. The maximum absolute atomic E-state index is 6.12. The van der Waals surface area contributed by atoms with Crippen LogP contribution in [0, 0.1) is 5.41 Å². The minimum Gasteiger partial charge on any atom is -0.377 e. The van der Waals surface area contributed by atoms with E-state index >= 15 is 0 Å². The van der Waals surface area contributed by atoms with Crippen molar-refractivity contribution in [2.45, 2.75) is 70.9 Å². The third-order valence-corrected chi connectivity index (χ3v) is 6.02. The first-order valence-electron chi connectivity index (χ1n) is 8.32. The Hall–Kier alpha value is -0.380. The van der Waals surface area contributed by atoms with Gasteiger partial charge in [-0.15, -0.1) is 11.3 Å². The normalized spacial score (nSPS) is 22.1. The van der Waals surface area contributed by atoms with E-state index in [1.54, 1.807) is 0 Å². The van der Waals surface area contributed by atoms with Gasteiger partial charge in [0, 0.05) is 18.0 Å². The van der Waals surface area contributed by atoms with Crippen molar-refractivity contribution >= 4 is 11.3 Å². The Morgan fingerprint density at radius 3 is 2.52 bits per heavy atom. The summed E-state index contributed by atoms with van der Waals surface area (Å²) >= 11 is 1.86. The molecule has 3 heteroatoms. The Bertz CT molecular complexity index is 403. The molecule has 1 aromatic heterocycles. The molecule has 0 saturated heterocycles. The zero-order chi connectivity index (χ0) is 15.3. The second-order valence-electron chi connectivity index (χ2n) is 7.22. The summed E-state index contributed by atoms with van der Waals surface area (Å²) in [6, 6.07) is 4.83. The van der Waals surface area contributed by atoms with Gasteiger partial charge in [0.1, 0.15) is 0 Å². The van der Waals surface area contributed by atoms with Crippen molar-refractivity contribution in [2.24, 2.45) is 5.41 Å². The minimum absolute atomic E-state index is 0.00861. The van der Waals surface area contributed by atoms with Gasteiger partial charge in [-0.2, -0.15) is 0 Å². The number of ether oxygens (including phenoxy) is 1. The number of rotatable bonds is 7. The molecule has 1 heterocycles. The van der Waals surface area contributed by atoms with Gasteiger partial charge in [-0.05, 0) is 61.9 Å². The van der Waals surface area contributed by atoms with E-state index in [-0.39, 0.29) is 5.60 Å². The predicted octanol–water partition coefficient (Wildman–Crippen LogP) is 4.64. The van der Waals surface area contributed by atoms with Crippen LogP contribution in [-0.2, 0) is 11.2 Å². The zero-order valence-corrected chi connectivity index (χ0v) is 14.9. The van der Waals surface area contributed by atoms with Gasteiger partial charge < -0.3 is 10.1 Å². The van der Waals surface area contributed by atoms with Crippen LogP contribution in [0.4, 0.5) is 0 Å². The van der Waals surface area contributed by atoms with E-state index < -0.39 is 0 Å². The van der Waals surface area contributed by atoms with Crippen molar-refractivity contribution in [3.63, 3.8) is 0 Å². The highest BCUT2D eigenvalue weighted by molar-refractivity contribution is 7.09. The quantitative estimate of drug-likeness (QED) is 0.792. The zero-order valence-electron chi connectivity index (χ0n) is 14.1. The average molecular weight is 310 g/mol. The molecule has 0 aromatic carbocycles. The molecule has 1 saturated carbocycles. The lowest BCUT2D eigenvalue weighted by Gasteiger charge is -2.47. The number of nitrogens with one attached hydrogen (secondary N) is 1. The molecule has 1 unspecified atom stereocenters. The summed E-state index contributed by atoms with van der Waals surface area (Å²) in [6.07, 6.45) is 7.12. The van der Waals surface area contributed by atoms with Gasteiger partial charge in [0.05, 0.1) is 5.60 Å². The minimum atomic E-state index is 0.00861. The third kappa shape index (κ3) is 4.30. The van der Waals surface area contributed by atoms with Crippen LogP contribution in [0.3, 0.4) is 0 Å². The van der Waals surface area contributed by atoms with Gasteiger partial charge in [-0.1, -0.05) is 26.8 Å². The standard InChI is InChI=1S/C18H31NOS/c1-5-12-19-16(14-15-7-6-13-21-15)18(20-4)10-8-17(2,3)9-11-18/h6-7,13,16,19H,5,8-12,14H2,1-4H3. The van der Waals surface area contributed by atoms with Crippen LogP contribution in [-0.4, -0.2) is 25.3 Å². The van der Waals surface area contributed by atoms with Crippen LogP contribution < -0.4 is 5.32 Å². The molecule has 1 N–H and O–H groups in total. The smallest absolute Gasteiger partial charge is 0.0834 e. The molecule has 1 fully saturated rings. The molecule has 0 amide bonds. The SMILES string of the molecule is CCCNC(Cc1cccs1)C1(OC)CCC(C)(C)CC1. The fraction of sp³-hybridized carbons (Fsp3) is 0.778. The number of methoxy groups -OCH3 is 1. The molecule has 1 aliphatic carbocycles. The summed E-state index contributed by atoms with van der Waals surface area (Å²) in [4.78, 5) is 1.46. The van der Waals surface area contributed by atoms with Crippen molar-refractivity contribution in [1.29, 1.82) is 0 Å². The van der Waals surface area contributed by atoms with E-state index in [2.05, 4.69) is 43.6 Å². The Labute approximate surface area is 134 Å². The highest BCUT2D eigenvalue weighted by Gasteiger charge is 2.44. The molecule has 0 bridgehead atoms. The first kappa shape index (κ1) is 17.0. The molecular formula is C18H31NOS. The Balaban J connectivity index is 2.12. The van der Waals surface area contributed by atoms with Crippen LogP contribution in [0.25, 0.3) is 0 Å². The molecule has 0 spiro atoms. The van der Waals surface area contributed by atoms with E-state index in [1.807, 2.05) is 18.4 Å². The van der Waals surface area contributed by atoms with Crippen LogP contribution in [0.2, 0.25) is 0 Å². The highest BCUT2D eigenvalue weighted by Crippen LogP contribution is 2.44. The topological polar surface area (TPSA) is 21.3 Å². The molecule has 0 aliphatic heterocycles. The Morgan fingerprint density at radius 2 is 2.00 bits per heavy atom. The van der Waals surface area contributed by atoms with E-state index in [9.17, 15) is 0 Å². The van der Waals surface area contributed by atoms with Crippen LogP contribution in [0.1, 0.15) is 57.8 Å². The van der Waals surface area contributed by atoms with Gasteiger partial charge in [0.2, 0.25) is 0 Å². The largest absolute Gasteiger partial charge is 0.377 e. The summed E-state index contributed by atoms with van der Waals surface area (Å²) < 4.78 is 6.12. The van der Waals surface area contributed by atoms with Crippen LogP contribution in [0.15, 0.2) is 17.5 Å². The number of hydrogen-bond donors (Lipinski definition) is 1. The lowest BCUT2D eigenvalue weighted by Crippen LogP contribution is -2.55. The second-order valence-corrected chi connectivity index (χ2v) is 8.26. The van der Waals surface area contributed by atoms with Crippen molar-refractivity contribution in [3.8, 4) is 0 Å². The Kier molecular flexibility index (Phi) is 5.87. The average Bonchev–Trinajstić information content (AvgIpc) is 2.97. The van der Waals surface area contributed by atoms with E-state index in [0.29, 0.717) is 11.5 Å². The molecule has 1 aromatic rings. The lowest BCUT2D eigenvalue weighted by atomic mass is 9.68. The maximum atomic E-state index is 6.12. The molecule has 1 atom stereocenters. The van der Waals surface area contributed by atoms with Gasteiger partial charge in [0.25, 0.3) is 0 Å². The summed E-state index contributed by atoms with van der Waals surface area (Å²) in [7, 11) is 1.91. The van der Waals surface area contributed by atoms with Crippen molar-refractivity contribution in [2.75, 3.05) is 13.7 Å². The van der Waals surface area contributed by atoms with E-state index in [0.717, 1.165) is 13.0 Å². The molecule has 1 aliphatic rings. The fourth-order valence-electron chi connectivity index (χ4n) is 3.44. The first-order chi connectivity index (χ1) is 10.0. The molecule has 120 valence electrons. The summed E-state index contributed by atoms with van der Waals surface area (Å²) in [5, 5.41) is 5.95. The van der Waals surface area contributed by atoms with Crippen molar-refractivity contribution in [3.05, 3.63) is 22.4 Å². The summed E-state index contributed by atoms with van der Waals surface area (Å²) in [5.74, 6) is 0. The highest BCUT2D eigenvalue weighted by atomic mass is 32.1. The fourth-order valence-corrected chi connectivity index (χ4v) is 4.19. The Morgan fingerprint density at radius 1 is 1.29 bits per heavy atom. The summed E-state index contributed by atoms with van der Waals surface area (Å²) in [6.45, 7) is 8.09. The third-order valence-electron chi connectivity index (χ3n) is 5.12. The van der Waals surface area contributed by atoms with E-state index in [4.69, 9.17) is 4.74 Å². The predicted molar refractivity (Wildman–Crippen MR) is 92.1 cm³/mol. The van der Waals surface area contributed by atoms with Crippen LogP contribution in [0.5, 0.6) is 0 Å². The lowest BCUT2D eigenvalue weighted by molar-refractivity contribution is -0.0859. The van der Waals surface area contributed by atoms with Crippen LogP contribution >= 0.6 is 11.3 Å². The monoisotopic (exact) mass is 309 g/mol. The first-order valence-corrected chi connectivity index (χ1v) is 9.20. The maximum Gasteiger partial charge on any atom is 0.0834 e. The van der Waals surface area contributed by atoms with Crippen molar-refractivity contribution in [1.82, 2.24) is 5.32 Å². The van der Waals surface area contributed by atoms with Gasteiger partial charge >= 0.3 is 0 Å². The second kappa shape index (κ2) is 7.26. The summed E-state index contributed by atoms with van der Waals surface area (Å²) in [5.41, 5.74) is 0.481.